The summed E-state index contributed by atoms with van der Waals surface area (Å²) in [5, 5.41) is 0. The molecule has 3 rings (SSSR count). The largest absolute Gasteiger partial charge is 0.467 e. The Labute approximate surface area is 130 Å². The number of carbonyl (C=O) groups excluding carboxylic acids is 2. The molecule has 2 saturated heterocycles. The standard InChI is InChI=1S/C16H22N2O4/c1-11-7-18(8-12(2)22-11)16(20)13-6-15(19)17(9-13)10-14-4-3-5-21-14/h3-5,11-13H,6-10H2,1-2H3/t11-,12-,13+/m1/s1. The van der Waals surface area contributed by atoms with E-state index in [0.717, 1.165) is 5.76 Å². The lowest BCUT2D eigenvalue weighted by Crippen LogP contribution is -2.50. The molecule has 0 aliphatic carbocycles. The van der Waals surface area contributed by atoms with E-state index in [4.69, 9.17) is 9.15 Å². The SMILES string of the molecule is C[C@@H]1CN(C(=O)[C@H]2CC(=O)N(Cc3ccco3)C2)C[C@@H](C)O1. The summed E-state index contributed by atoms with van der Waals surface area (Å²) in [6.07, 6.45) is 1.97. The molecule has 120 valence electrons. The maximum Gasteiger partial charge on any atom is 0.228 e. The maximum atomic E-state index is 12.7. The third-order valence-corrected chi connectivity index (χ3v) is 4.22. The highest BCUT2D eigenvalue weighted by Gasteiger charge is 2.38. The van der Waals surface area contributed by atoms with Crippen LogP contribution in [0, 0.1) is 5.92 Å². The third kappa shape index (κ3) is 3.16. The van der Waals surface area contributed by atoms with Crippen molar-refractivity contribution in [3.05, 3.63) is 24.2 Å². The van der Waals surface area contributed by atoms with Gasteiger partial charge in [0.25, 0.3) is 0 Å². The highest BCUT2D eigenvalue weighted by Crippen LogP contribution is 2.24. The molecule has 0 radical (unpaired) electrons. The topological polar surface area (TPSA) is 63.0 Å². The van der Waals surface area contributed by atoms with E-state index in [2.05, 4.69) is 0 Å². The average molecular weight is 306 g/mol. The van der Waals surface area contributed by atoms with E-state index >= 15 is 0 Å². The van der Waals surface area contributed by atoms with Gasteiger partial charge in [-0.15, -0.1) is 0 Å². The number of hydrogen-bond acceptors (Lipinski definition) is 4. The molecule has 22 heavy (non-hydrogen) atoms. The van der Waals surface area contributed by atoms with Gasteiger partial charge in [0.15, 0.2) is 0 Å². The fraction of sp³-hybridized carbons (Fsp3) is 0.625. The number of morpholine rings is 1. The van der Waals surface area contributed by atoms with E-state index in [-0.39, 0.29) is 29.9 Å². The van der Waals surface area contributed by atoms with Gasteiger partial charge < -0.3 is 19.0 Å². The van der Waals surface area contributed by atoms with Crippen LogP contribution in [0.15, 0.2) is 22.8 Å². The predicted octanol–water partition coefficient (Wildman–Crippen LogP) is 1.26. The highest BCUT2D eigenvalue weighted by molar-refractivity contribution is 5.89. The molecule has 3 atom stereocenters. The first kappa shape index (κ1) is 15.1. The Kier molecular flexibility index (Phi) is 4.20. The average Bonchev–Trinajstić information content (AvgIpc) is 3.08. The van der Waals surface area contributed by atoms with Crippen molar-refractivity contribution < 1.29 is 18.7 Å². The monoisotopic (exact) mass is 306 g/mol. The Balaban J connectivity index is 1.61. The van der Waals surface area contributed by atoms with Gasteiger partial charge in [0.2, 0.25) is 11.8 Å². The Morgan fingerprint density at radius 1 is 1.27 bits per heavy atom. The lowest BCUT2D eigenvalue weighted by atomic mass is 10.1. The lowest BCUT2D eigenvalue weighted by Gasteiger charge is -2.36. The molecule has 6 nitrogen and oxygen atoms in total. The van der Waals surface area contributed by atoms with Gasteiger partial charge in [-0.25, -0.2) is 0 Å². The lowest BCUT2D eigenvalue weighted by molar-refractivity contribution is -0.147. The molecule has 2 aliphatic rings. The van der Waals surface area contributed by atoms with Gasteiger partial charge in [-0.2, -0.15) is 0 Å². The maximum absolute atomic E-state index is 12.7. The van der Waals surface area contributed by atoms with E-state index < -0.39 is 0 Å². The number of ether oxygens (including phenoxy) is 1. The first-order valence-corrected chi connectivity index (χ1v) is 7.77. The molecule has 0 aromatic carbocycles. The first-order valence-electron chi connectivity index (χ1n) is 7.77. The van der Waals surface area contributed by atoms with Crippen LogP contribution in [-0.4, -0.2) is 53.5 Å². The zero-order valence-electron chi connectivity index (χ0n) is 13.0. The van der Waals surface area contributed by atoms with Crippen molar-refractivity contribution in [1.82, 2.24) is 9.80 Å². The highest BCUT2D eigenvalue weighted by atomic mass is 16.5. The van der Waals surface area contributed by atoms with Crippen molar-refractivity contribution in [3.63, 3.8) is 0 Å². The quantitative estimate of drug-likeness (QED) is 0.843. The minimum atomic E-state index is -0.250. The van der Waals surface area contributed by atoms with Crippen LogP contribution in [0.1, 0.15) is 26.0 Å². The molecule has 2 aliphatic heterocycles. The van der Waals surface area contributed by atoms with Gasteiger partial charge in [-0.1, -0.05) is 0 Å². The van der Waals surface area contributed by atoms with Crippen LogP contribution in [0.2, 0.25) is 0 Å². The smallest absolute Gasteiger partial charge is 0.228 e. The molecule has 2 fully saturated rings. The van der Waals surface area contributed by atoms with Gasteiger partial charge >= 0.3 is 0 Å². The molecule has 0 unspecified atom stereocenters. The van der Waals surface area contributed by atoms with E-state index in [1.54, 1.807) is 17.2 Å². The molecule has 3 heterocycles. The van der Waals surface area contributed by atoms with E-state index in [9.17, 15) is 9.59 Å². The fourth-order valence-corrected chi connectivity index (χ4v) is 3.30. The van der Waals surface area contributed by atoms with Gasteiger partial charge in [-0.05, 0) is 26.0 Å². The second-order valence-corrected chi connectivity index (χ2v) is 6.26. The number of amides is 2. The second-order valence-electron chi connectivity index (χ2n) is 6.26. The summed E-state index contributed by atoms with van der Waals surface area (Å²) in [6.45, 7) is 6.06. The minimum Gasteiger partial charge on any atom is -0.467 e. The van der Waals surface area contributed by atoms with Crippen molar-refractivity contribution in [1.29, 1.82) is 0 Å². The minimum absolute atomic E-state index is 0.0177. The van der Waals surface area contributed by atoms with Crippen LogP contribution in [0.3, 0.4) is 0 Å². The van der Waals surface area contributed by atoms with Crippen molar-refractivity contribution in [2.75, 3.05) is 19.6 Å². The number of hydrogen-bond donors (Lipinski definition) is 0. The van der Waals surface area contributed by atoms with Gasteiger partial charge in [0.1, 0.15) is 5.76 Å². The van der Waals surface area contributed by atoms with Crippen molar-refractivity contribution >= 4 is 11.8 Å². The van der Waals surface area contributed by atoms with Crippen molar-refractivity contribution in [2.45, 2.75) is 39.0 Å². The Bertz CT molecular complexity index is 532. The number of rotatable bonds is 3. The third-order valence-electron chi connectivity index (χ3n) is 4.22. The van der Waals surface area contributed by atoms with E-state index in [1.165, 1.54) is 0 Å². The summed E-state index contributed by atoms with van der Waals surface area (Å²) in [5.41, 5.74) is 0. The molecule has 6 heteroatoms. The first-order chi connectivity index (χ1) is 10.5. The molecule has 2 amide bonds. The van der Waals surface area contributed by atoms with Crippen molar-refractivity contribution in [3.8, 4) is 0 Å². The van der Waals surface area contributed by atoms with Crippen LogP contribution >= 0.6 is 0 Å². The Hall–Kier alpha value is -1.82. The summed E-state index contributed by atoms with van der Waals surface area (Å²) in [7, 11) is 0. The second kappa shape index (κ2) is 6.12. The van der Waals surface area contributed by atoms with E-state index in [0.29, 0.717) is 32.6 Å². The molecule has 0 bridgehead atoms. The summed E-state index contributed by atoms with van der Waals surface area (Å²) in [4.78, 5) is 28.3. The summed E-state index contributed by atoms with van der Waals surface area (Å²) in [6, 6.07) is 3.64. The van der Waals surface area contributed by atoms with Crippen LogP contribution in [-0.2, 0) is 20.9 Å². The molecular weight excluding hydrogens is 284 g/mol. The number of furan rings is 1. The zero-order valence-corrected chi connectivity index (χ0v) is 13.0. The van der Waals surface area contributed by atoms with Crippen LogP contribution < -0.4 is 0 Å². The predicted molar refractivity (Wildman–Crippen MR) is 78.8 cm³/mol. The molecular formula is C16H22N2O4. The van der Waals surface area contributed by atoms with Crippen LogP contribution in [0.25, 0.3) is 0 Å². The molecule has 1 aromatic rings. The van der Waals surface area contributed by atoms with Crippen molar-refractivity contribution in [2.24, 2.45) is 5.92 Å². The van der Waals surface area contributed by atoms with E-state index in [1.807, 2.05) is 24.8 Å². The number of likely N-dealkylation sites (tertiary alicyclic amines) is 1. The summed E-state index contributed by atoms with van der Waals surface area (Å²) < 4.78 is 10.9. The van der Waals surface area contributed by atoms with Crippen LogP contribution in [0.5, 0.6) is 0 Å². The molecule has 0 N–H and O–H groups in total. The number of carbonyl (C=O) groups is 2. The fourth-order valence-electron chi connectivity index (χ4n) is 3.30. The number of nitrogens with zero attached hydrogens (tertiary/aromatic N) is 2. The van der Waals surface area contributed by atoms with Gasteiger partial charge in [0.05, 0.1) is 30.9 Å². The Morgan fingerprint density at radius 2 is 2.00 bits per heavy atom. The normalized spacial score (nSPS) is 29.2. The molecule has 0 spiro atoms. The van der Waals surface area contributed by atoms with Crippen LogP contribution in [0.4, 0.5) is 0 Å². The Morgan fingerprint density at radius 3 is 2.64 bits per heavy atom. The summed E-state index contributed by atoms with van der Waals surface area (Å²) in [5.74, 6) is 0.580. The van der Waals surface area contributed by atoms with Gasteiger partial charge in [0, 0.05) is 26.1 Å². The molecule has 1 aromatic heterocycles. The zero-order chi connectivity index (χ0) is 15.7. The molecule has 0 saturated carbocycles. The van der Waals surface area contributed by atoms with Gasteiger partial charge in [-0.3, -0.25) is 9.59 Å². The summed E-state index contributed by atoms with van der Waals surface area (Å²) >= 11 is 0.